The third kappa shape index (κ3) is 3.32. The molecule has 0 saturated heterocycles. The van der Waals surface area contributed by atoms with E-state index in [4.69, 9.17) is 0 Å². The first-order chi connectivity index (χ1) is 13.0. The van der Waals surface area contributed by atoms with E-state index in [2.05, 4.69) is 15.4 Å². The number of carbonyl (C=O) groups is 2. The Labute approximate surface area is 157 Å². The number of H-pyrrole nitrogens is 1. The van der Waals surface area contributed by atoms with Gasteiger partial charge in [-0.05, 0) is 30.2 Å². The molecule has 0 saturated carbocycles. The monoisotopic (exact) mass is 365 g/mol. The van der Waals surface area contributed by atoms with Gasteiger partial charge in [0.05, 0.1) is 18.8 Å². The van der Waals surface area contributed by atoms with Crippen LogP contribution in [-0.2, 0) is 13.1 Å². The molecule has 0 bridgehead atoms. The van der Waals surface area contributed by atoms with Crippen LogP contribution in [0.2, 0.25) is 0 Å². The maximum absolute atomic E-state index is 13.0. The summed E-state index contributed by atoms with van der Waals surface area (Å²) in [6.07, 6.45) is 1.84. The molecule has 1 aliphatic rings. The number of amides is 2. The van der Waals surface area contributed by atoms with Crippen molar-refractivity contribution in [2.24, 2.45) is 5.92 Å². The quantitative estimate of drug-likeness (QED) is 0.745. The van der Waals surface area contributed by atoms with Gasteiger partial charge in [-0.1, -0.05) is 19.9 Å². The van der Waals surface area contributed by atoms with Crippen LogP contribution in [0.3, 0.4) is 0 Å². The molecule has 0 radical (unpaired) electrons. The number of benzene rings is 1. The van der Waals surface area contributed by atoms with E-state index in [1.165, 1.54) is 0 Å². The fraction of sp³-hybridized carbons (Fsp3) is 0.350. The number of hydrogen-bond acceptors (Lipinski definition) is 3. The first-order valence-corrected chi connectivity index (χ1v) is 9.23. The molecule has 1 aromatic carbocycles. The fourth-order valence-corrected chi connectivity index (χ4v) is 3.38. The first-order valence-electron chi connectivity index (χ1n) is 9.23. The van der Waals surface area contributed by atoms with Crippen molar-refractivity contribution in [3.63, 3.8) is 0 Å². The van der Waals surface area contributed by atoms with E-state index in [-0.39, 0.29) is 11.8 Å². The summed E-state index contributed by atoms with van der Waals surface area (Å²) in [5.41, 5.74) is 2.93. The normalized spacial score (nSPS) is 13.8. The minimum atomic E-state index is -0.166. The van der Waals surface area contributed by atoms with Crippen molar-refractivity contribution in [2.45, 2.75) is 26.9 Å². The second-order valence-electron chi connectivity index (χ2n) is 7.32. The number of aromatic amines is 1. The van der Waals surface area contributed by atoms with Gasteiger partial charge in [0.1, 0.15) is 0 Å². The number of hydrogen-bond donors (Lipinski definition) is 2. The lowest BCUT2D eigenvalue weighted by Gasteiger charge is -2.28. The van der Waals surface area contributed by atoms with Crippen molar-refractivity contribution >= 4 is 22.7 Å². The zero-order valence-electron chi connectivity index (χ0n) is 15.5. The van der Waals surface area contributed by atoms with E-state index >= 15 is 0 Å². The summed E-state index contributed by atoms with van der Waals surface area (Å²) in [6.45, 7) is 6.32. The Hall–Kier alpha value is -3.09. The maximum Gasteiger partial charge on any atom is 0.271 e. The van der Waals surface area contributed by atoms with Gasteiger partial charge in [-0.2, -0.15) is 5.10 Å². The maximum atomic E-state index is 13.0. The van der Waals surface area contributed by atoms with E-state index in [1.54, 1.807) is 6.07 Å². The number of carbonyl (C=O) groups excluding carboxylic acids is 2. The number of nitrogens with one attached hydrogen (secondary N) is 2. The first kappa shape index (κ1) is 17.3. The number of fused-ring (bicyclic) bond motifs is 2. The third-order valence-corrected chi connectivity index (χ3v) is 4.81. The van der Waals surface area contributed by atoms with Crippen molar-refractivity contribution in [3.8, 4) is 0 Å². The molecular formula is C20H23N5O2. The van der Waals surface area contributed by atoms with Gasteiger partial charge in [-0.15, -0.1) is 0 Å². The lowest BCUT2D eigenvalue weighted by atomic mass is 10.1. The third-order valence-electron chi connectivity index (χ3n) is 4.81. The molecule has 3 heterocycles. The Morgan fingerprint density at radius 3 is 2.93 bits per heavy atom. The van der Waals surface area contributed by atoms with E-state index < -0.39 is 0 Å². The lowest BCUT2D eigenvalue weighted by molar-refractivity contribution is 0.0707. The van der Waals surface area contributed by atoms with Gasteiger partial charge in [0.2, 0.25) is 0 Å². The summed E-state index contributed by atoms with van der Waals surface area (Å²) in [5.74, 6) is 0.217. The molecule has 7 heteroatoms. The fourth-order valence-electron chi connectivity index (χ4n) is 3.38. The van der Waals surface area contributed by atoms with E-state index in [0.29, 0.717) is 43.4 Å². The Balaban J connectivity index is 1.52. The molecule has 0 unspecified atom stereocenters. The molecule has 2 aromatic heterocycles. The molecule has 2 amide bonds. The van der Waals surface area contributed by atoms with Crippen LogP contribution in [0.1, 0.15) is 40.4 Å². The molecule has 7 nitrogen and oxygen atoms in total. The van der Waals surface area contributed by atoms with Crippen LogP contribution in [0.25, 0.3) is 10.9 Å². The summed E-state index contributed by atoms with van der Waals surface area (Å²) >= 11 is 0. The van der Waals surface area contributed by atoms with Crippen molar-refractivity contribution in [1.29, 1.82) is 0 Å². The standard InChI is InChI=1S/C20H23N5O2/c1-13(2)11-22-19(26)18-10-14-12-24(8-9-25(14)23-18)20(27)16-4-3-5-17-15(16)6-7-21-17/h3-7,10,13,21H,8-9,11-12H2,1-2H3,(H,22,26). The van der Waals surface area contributed by atoms with Crippen LogP contribution in [0.15, 0.2) is 36.5 Å². The molecule has 0 spiro atoms. The molecule has 0 atom stereocenters. The molecule has 3 aromatic rings. The van der Waals surface area contributed by atoms with Gasteiger partial charge in [-0.3, -0.25) is 14.3 Å². The minimum Gasteiger partial charge on any atom is -0.361 e. The zero-order valence-corrected chi connectivity index (χ0v) is 15.5. The van der Waals surface area contributed by atoms with Crippen LogP contribution in [0.4, 0.5) is 0 Å². The Morgan fingerprint density at radius 2 is 2.11 bits per heavy atom. The van der Waals surface area contributed by atoms with Crippen molar-refractivity contribution in [3.05, 3.63) is 53.5 Å². The molecular weight excluding hydrogens is 342 g/mol. The second kappa shape index (κ2) is 6.90. The highest BCUT2D eigenvalue weighted by Crippen LogP contribution is 2.22. The highest BCUT2D eigenvalue weighted by atomic mass is 16.2. The molecule has 140 valence electrons. The molecule has 4 rings (SSSR count). The Morgan fingerprint density at radius 1 is 1.26 bits per heavy atom. The lowest BCUT2D eigenvalue weighted by Crippen LogP contribution is -2.38. The van der Waals surface area contributed by atoms with Gasteiger partial charge in [0, 0.05) is 35.8 Å². The van der Waals surface area contributed by atoms with E-state index in [9.17, 15) is 9.59 Å². The smallest absolute Gasteiger partial charge is 0.271 e. The van der Waals surface area contributed by atoms with Crippen LogP contribution in [0, 0.1) is 5.92 Å². The average molecular weight is 365 g/mol. The van der Waals surface area contributed by atoms with Crippen molar-refractivity contribution in [1.82, 2.24) is 25.0 Å². The summed E-state index contributed by atoms with van der Waals surface area (Å²) in [7, 11) is 0. The van der Waals surface area contributed by atoms with Crippen LogP contribution >= 0.6 is 0 Å². The average Bonchev–Trinajstić information content (AvgIpc) is 3.31. The highest BCUT2D eigenvalue weighted by Gasteiger charge is 2.25. The van der Waals surface area contributed by atoms with Gasteiger partial charge < -0.3 is 15.2 Å². The SMILES string of the molecule is CC(C)CNC(=O)c1cc2n(n1)CCN(C(=O)c1cccc3[nH]ccc13)C2. The largest absolute Gasteiger partial charge is 0.361 e. The minimum absolute atomic E-state index is 0.00143. The Kier molecular flexibility index (Phi) is 4.43. The summed E-state index contributed by atoms with van der Waals surface area (Å²) in [5, 5.41) is 8.21. The predicted octanol–water partition coefficient (Wildman–Crippen LogP) is 2.41. The van der Waals surface area contributed by atoms with Crippen molar-refractivity contribution < 1.29 is 9.59 Å². The zero-order chi connectivity index (χ0) is 19.0. The molecule has 0 aliphatic carbocycles. The van der Waals surface area contributed by atoms with E-state index in [1.807, 2.05) is 53.9 Å². The molecule has 2 N–H and O–H groups in total. The second-order valence-corrected chi connectivity index (χ2v) is 7.32. The Bertz CT molecular complexity index is 1000. The van der Waals surface area contributed by atoms with Crippen LogP contribution in [0.5, 0.6) is 0 Å². The predicted molar refractivity (Wildman–Crippen MR) is 102 cm³/mol. The van der Waals surface area contributed by atoms with Crippen molar-refractivity contribution in [2.75, 3.05) is 13.1 Å². The summed E-state index contributed by atoms with van der Waals surface area (Å²) < 4.78 is 1.82. The van der Waals surface area contributed by atoms with Gasteiger partial charge in [-0.25, -0.2) is 0 Å². The summed E-state index contributed by atoms with van der Waals surface area (Å²) in [6, 6.07) is 9.41. The van der Waals surface area contributed by atoms with Gasteiger partial charge in [0.15, 0.2) is 5.69 Å². The summed E-state index contributed by atoms with van der Waals surface area (Å²) in [4.78, 5) is 30.2. The van der Waals surface area contributed by atoms with E-state index in [0.717, 1.165) is 16.6 Å². The van der Waals surface area contributed by atoms with Crippen LogP contribution < -0.4 is 5.32 Å². The van der Waals surface area contributed by atoms with Crippen LogP contribution in [-0.4, -0.2) is 44.6 Å². The molecule has 27 heavy (non-hydrogen) atoms. The van der Waals surface area contributed by atoms with Gasteiger partial charge >= 0.3 is 0 Å². The number of rotatable bonds is 4. The highest BCUT2D eigenvalue weighted by molar-refractivity contribution is 6.06. The number of nitrogens with zero attached hydrogens (tertiary/aromatic N) is 3. The molecule has 0 fully saturated rings. The molecule has 1 aliphatic heterocycles. The number of aromatic nitrogens is 3. The van der Waals surface area contributed by atoms with Gasteiger partial charge in [0.25, 0.3) is 11.8 Å². The topological polar surface area (TPSA) is 83.0 Å².